The Bertz CT molecular complexity index is 911. The standard InChI is InChI=1S/C15H19N3O3.C8H9F.C2H6/c1-3-11(5-4-7-17-20)13-10(2)9-16-14-12(13)6-8-18(21)15(14)19;1-2-7-3-5-8(9)6-4-7;1-2/h3,9,21H,4-8H2,1-2H3;3-6H,2H2,1H3;1-2H3/b11-3-;;. The number of rotatable bonds is 6. The van der Waals surface area contributed by atoms with E-state index >= 15 is 0 Å². The topological polar surface area (TPSA) is 82.9 Å². The second-order valence-corrected chi connectivity index (χ2v) is 7.07. The maximum atomic E-state index is 12.2. The summed E-state index contributed by atoms with van der Waals surface area (Å²) in [6.45, 7) is 10.5. The molecule has 0 radical (unpaired) electrons. The van der Waals surface area contributed by atoms with Crippen LogP contribution in [-0.4, -0.2) is 34.3 Å². The third kappa shape index (κ3) is 7.34. The van der Waals surface area contributed by atoms with Gasteiger partial charge in [0.05, 0.1) is 13.1 Å². The summed E-state index contributed by atoms with van der Waals surface area (Å²) in [7, 11) is 0. The van der Waals surface area contributed by atoms with Crippen LogP contribution in [0, 0.1) is 17.6 Å². The van der Waals surface area contributed by atoms with E-state index < -0.39 is 5.91 Å². The number of hydrogen-bond acceptors (Lipinski definition) is 5. The second kappa shape index (κ2) is 14.2. The minimum Gasteiger partial charge on any atom is -0.286 e. The Morgan fingerprint density at radius 1 is 1.28 bits per heavy atom. The Morgan fingerprint density at radius 2 is 1.94 bits per heavy atom. The predicted molar refractivity (Wildman–Crippen MR) is 126 cm³/mol. The molecule has 0 aliphatic carbocycles. The van der Waals surface area contributed by atoms with Gasteiger partial charge in [0, 0.05) is 6.20 Å². The minimum atomic E-state index is -0.456. The highest BCUT2D eigenvalue weighted by molar-refractivity contribution is 5.95. The lowest BCUT2D eigenvalue weighted by Gasteiger charge is -2.25. The molecule has 6 nitrogen and oxygen atoms in total. The van der Waals surface area contributed by atoms with Gasteiger partial charge < -0.3 is 0 Å². The summed E-state index contributed by atoms with van der Waals surface area (Å²) in [5, 5.41) is 13.1. The molecule has 1 N–H and O–H groups in total. The Morgan fingerprint density at radius 3 is 2.50 bits per heavy atom. The van der Waals surface area contributed by atoms with Gasteiger partial charge in [-0.2, -0.15) is 4.91 Å². The summed E-state index contributed by atoms with van der Waals surface area (Å²) < 4.78 is 12.2. The molecular weight excluding hydrogens is 409 g/mol. The van der Waals surface area contributed by atoms with Crippen molar-refractivity contribution in [3.8, 4) is 0 Å². The van der Waals surface area contributed by atoms with E-state index in [1.807, 2.05) is 40.7 Å². The summed E-state index contributed by atoms with van der Waals surface area (Å²) in [5.41, 5.74) is 5.50. The third-order valence-electron chi connectivity index (χ3n) is 5.07. The molecule has 1 aliphatic heterocycles. The van der Waals surface area contributed by atoms with Crippen LogP contribution in [0.4, 0.5) is 4.39 Å². The zero-order chi connectivity index (χ0) is 24.1. The van der Waals surface area contributed by atoms with E-state index in [-0.39, 0.29) is 18.9 Å². The Labute approximate surface area is 190 Å². The van der Waals surface area contributed by atoms with Gasteiger partial charge in [-0.3, -0.25) is 15.0 Å². The van der Waals surface area contributed by atoms with Crippen molar-refractivity contribution in [2.75, 3.05) is 13.1 Å². The predicted octanol–water partition coefficient (Wildman–Crippen LogP) is 6.14. The Balaban J connectivity index is 0.000000388. The number of carbonyl (C=O) groups excluding carboxylic acids is 1. The molecule has 32 heavy (non-hydrogen) atoms. The van der Waals surface area contributed by atoms with Crippen LogP contribution in [0.5, 0.6) is 0 Å². The number of nitroso groups, excluding NO2 is 1. The molecule has 1 aliphatic rings. The number of aryl methyl sites for hydroxylation is 2. The smallest absolute Gasteiger partial charge is 0.286 e. The van der Waals surface area contributed by atoms with E-state index in [0.29, 0.717) is 23.6 Å². The van der Waals surface area contributed by atoms with Gasteiger partial charge in [0.2, 0.25) is 0 Å². The average Bonchev–Trinajstić information content (AvgIpc) is 2.82. The highest BCUT2D eigenvalue weighted by Crippen LogP contribution is 2.31. The second-order valence-electron chi connectivity index (χ2n) is 7.07. The first-order chi connectivity index (χ1) is 15.4. The summed E-state index contributed by atoms with van der Waals surface area (Å²) >= 11 is 0. The number of aromatic nitrogens is 1. The molecule has 0 saturated heterocycles. The number of benzene rings is 1. The Hall–Kier alpha value is -2.93. The maximum absolute atomic E-state index is 12.2. The SMILES string of the molecule is C/C=C(/CCCN=O)c1c(C)cnc2c1CCN(O)C2=O.CC.CCc1ccc(F)cc1. The molecule has 174 valence electrons. The van der Waals surface area contributed by atoms with Gasteiger partial charge in [0.1, 0.15) is 11.5 Å². The number of pyridine rings is 1. The van der Waals surface area contributed by atoms with E-state index in [4.69, 9.17) is 0 Å². The fraction of sp³-hybridized carbons (Fsp3) is 0.440. The molecule has 2 aromatic rings. The van der Waals surface area contributed by atoms with E-state index in [1.54, 1.807) is 18.3 Å². The number of allylic oxidation sites excluding steroid dienone is 2. The fourth-order valence-electron chi connectivity index (χ4n) is 3.44. The molecule has 3 rings (SSSR count). The van der Waals surface area contributed by atoms with Crippen molar-refractivity contribution in [1.82, 2.24) is 10.0 Å². The molecule has 0 spiro atoms. The lowest BCUT2D eigenvalue weighted by molar-refractivity contribution is -0.0607. The van der Waals surface area contributed by atoms with Crippen LogP contribution in [0.15, 0.2) is 41.7 Å². The molecular formula is C25H34FN3O3. The van der Waals surface area contributed by atoms with Crippen molar-refractivity contribution in [2.24, 2.45) is 5.18 Å². The normalized spacial score (nSPS) is 12.8. The van der Waals surface area contributed by atoms with Crippen LogP contribution in [0.25, 0.3) is 5.57 Å². The van der Waals surface area contributed by atoms with Crippen molar-refractivity contribution in [2.45, 2.75) is 60.3 Å². The van der Waals surface area contributed by atoms with Gasteiger partial charge in [0.15, 0.2) is 0 Å². The van der Waals surface area contributed by atoms with Gasteiger partial charge in [0.25, 0.3) is 5.91 Å². The molecule has 1 aromatic carbocycles. The zero-order valence-corrected chi connectivity index (χ0v) is 19.7. The molecule has 0 atom stereocenters. The van der Waals surface area contributed by atoms with Gasteiger partial charge in [-0.25, -0.2) is 9.45 Å². The summed E-state index contributed by atoms with van der Waals surface area (Å²) in [6.07, 6.45) is 6.62. The lowest BCUT2D eigenvalue weighted by atomic mass is 9.89. The number of hydroxylamine groups is 2. The van der Waals surface area contributed by atoms with Crippen molar-refractivity contribution >= 4 is 11.5 Å². The van der Waals surface area contributed by atoms with E-state index in [1.165, 1.54) is 17.7 Å². The molecule has 1 aromatic heterocycles. The quantitative estimate of drug-likeness (QED) is 0.330. The zero-order valence-electron chi connectivity index (χ0n) is 19.7. The highest BCUT2D eigenvalue weighted by Gasteiger charge is 2.28. The van der Waals surface area contributed by atoms with Crippen molar-refractivity contribution in [1.29, 1.82) is 0 Å². The van der Waals surface area contributed by atoms with Crippen LogP contribution in [0.3, 0.4) is 0 Å². The van der Waals surface area contributed by atoms with E-state index in [9.17, 15) is 19.3 Å². The monoisotopic (exact) mass is 443 g/mol. The molecule has 0 fully saturated rings. The number of hydrogen-bond donors (Lipinski definition) is 1. The highest BCUT2D eigenvalue weighted by atomic mass is 19.1. The molecule has 7 heteroatoms. The van der Waals surface area contributed by atoms with Crippen molar-refractivity contribution < 1.29 is 14.4 Å². The van der Waals surface area contributed by atoms with Crippen LogP contribution >= 0.6 is 0 Å². The first-order valence-electron chi connectivity index (χ1n) is 11.1. The lowest BCUT2D eigenvalue weighted by Crippen LogP contribution is -2.36. The molecule has 2 heterocycles. The molecule has 0 bridgehead atoms. The number of nitrogens with zero attached hydrogens (tertiary/aromatic N) is 3. The largest absolute Gasteiger partial charge is 0.296 e. The van der Waals surface area contributed by atoms with Gasteiger partial charge in [-0.05, 0) is 79.5 Å². The minimum absolute atomic E-state index is 0.160. The third-order valence-corrected chi connectivity index (χ3v) is 5.07. The number of halogens is 1. The summed E-state index contributed by atoms with van der Waals surface area (Å²) in [4.78, 5) is 26.4. The van der Waals surface area contributed by atoms with Crippen molar-refractivity contribution in [3.05, 3.63) is 75.2 Å². The number of fused-ring (bicyclic) bond motifs is 1. The van der Waals surface area contributed by atoms with E-state index in [2.05, 4.69) is 10.2 Å². The maximum Gasteiger partial charge on any atom is 0.296 e. The van der Waals surface area contributed by atoms with Crippen LogP contribution < -0.4 is 0 Å². The number of amides is 1. The molecule has 1 amide bonds. The van der Waals surface area contributed by atoms with Gasteiger partial charge in [-0.1, -0.05) is 44.2 Å². The van der Waals surface area contributed by atoms with Gasteiger partial charge >= 0.3 is 0 Å². The van der Waals surface area contributed by atoms with Crippen LogP contribution in [0.2, 0.25) is 0 Å². The summed E-state index contributed by atoms with van der Waals surface area (Å²) in [6, 6.07) is 6.57. The van der Waals surface area contributed by atoms with Crippen LogP contribution in [-0.2, 0) is 12.8 Å². The number of carbonyl (C=O) groups is 1. The fourth-order valence-corrected chi connectivity index (χ4v) is 3.44. The van der Waals surface area contributed by atoms with Crippen molar-refractivity contribution in [3.63, 3.8) is 0 Å². The molecule has 0 saturated carbocycles. The van der Waals surface area contributed by atoms with E-state index in [0.717, 1.165) is 35.1 Å². The first kappa shape index (κ1) is 27.1. The molecule has 0 unspecified atom stereocenters. The Kier molecular flexibility index (Phi) is 12.0. The average molecular weight is 444 g/mol. The van der Waals surface area contributed by atoms with Crippen LogP contribution in [0.1, 0.15) is 73.3 Å². The van der Waals surface area contributed by atoms with Gasteiger partial charge in [-0.15, -0.1) is 0 Å². The first-order valence-corrected chi connectivity index (χ1v) is 11.1. The summed E-state index contributed by atoms with van der Waals surface area (Å²) in [5.74, 6) is -0.616.